The molecule has 0 saturated carbocycles. The molecule has 0 aliphatic carbocycles. The van der Waals surface area contributed by atoms with Gasteiger partial charge in [0.05, 0.1) is 0 Å². The number of rotatable bonds is 5. The fraction of sp³-hybridized carbons (Fsp3) is 0.353. The van der Waals surface area contributed by atoms with Crippen LogP contribution in [0.25, 0.3) is 0 Å². The molecule has 0 radical (unpaired) electrons. The predicted octanol–water partition coefficient (Wildman–Crippen LogP) is 3.58. The summed E-state index contributed by atoms with van der Waals surface area (Å²) in [7, 11) is 0. The van der Waals surface area contributed by atoms with Crippen molar-refractivity contribution in [3.63, 3.8) is 0 Å². The highest BCUT2D eigenvalue weighted by Crippen LogP contribution is 2.25. The fourth-order valence-electron chi connectivity index (χ4n) is 2.47. The Morgan fingerprint density at radius 2 is 2.04 bits per heavy atom. The number of aromatic nitrogens is 1. The number of nitrogens with zero attached hydrogens (tertiary/aromatic N) is 1. The van der Waals surface area contributed by atoms with Gasteiger partial charge in [-0.15, -0.1) is 0 Å². The van der Waals surface area contributed by atoms with Gasteiger partial charge in [0.2, 0.25) is 0 Å². The SMILES string of the molecule is Fc1cc(Cl)ccc1OCc1ncccc1OC1CCNCC1. The summed E-state index contributed by atoms with van der Waals surface area (Å²) in [6.45, 7) is 2.04. The van der Waals surface area contributed by atoms with Crippen LogP contribution < -0.4 is 14.8 Å². The highest BCUT2D eigenvalue weighted by Gasteiger charge is 2.17. The molecule has 122 valence electrons. The van der Waals surface area contributed by atoms with E-state index < -0.39 is 5.82 Å². The molecule has 0 atom stereocenters. The van der Waals surface area contributed by atoms with Crippen molar-refractivity contribution >= 4 is 11.6 Å². The van der Waals surface area contributed by atoms with E-state index in [9.17, 15) is 4.39 Å². The summed E-state index contributed by atoms with van der Waals surface area (Å²) in [6.07, 6.45) is 3.76. The van der Waals surface area contributed by atoms with E-state index in [-0.39, 0.29) is 18.5 Å². The molecule has 1 aromatic heterocycles. The van der Waals surface area contributed by atoms with Gasteiger partial charge in [-0.25, -0.2) is 4.39 Å². The number of hydrogen-bond acceptors (Lipinski definition) is 4. The van der Waals surface area contributed by atoms with Crippen molar-refractivity contribution in [2.45, 2.75) is 25.6 Å². The molecule has 2 heterocycles. The average Bonchev–Trinajstić information content (AvgIpc) is 2.56. The number of piperidine rings is 1. The first-order valence-electron chi connectivity index (χ1n) is 7.61. The van der Waals surface area contributed by atoms with Crippen LogP contribution in [0.2, 0.25) is 5.02 Å². The summed E-state index contributed by atoms with van der Waals surface area (Å²) in [5.41, 5.74) is 0.653. The summed E-state index contributed by atoms with van der Waals surface area (Å²) in [5, 5.41) is 3.64. The van der Waals surface area contributed by atoms with Crippen molar-refractivity contribution in [2.75, 3.05) is 13.1 Å². The minimum Gasteiger partial charge on any atom is -0.488 e. The molecule has 1 saturated heterocycles. The molecule has 0 unspecified atom stereocenters. The molecule has 3 rings (SSSR count). The molecule has 1 aliphatic rings. The molecule has 0 amide bonds. The minimum absolute atomic E-state index is 0.139. The highest BCUT2D eigenvalue weighted by atomic mass is 35.5. The van der Waals surface area contributed by atoms with Crippen LogP contribution in [0.1, 0.15) is 18.5 Å². The maximum atomic E-state index is 13.8. The second kappa shape index (κ2) is 7.62. The summed E-state index contributed by atoms with van der Waals surface area (Å²) < 4.78 is 25.3. The third-order valence-electron chi connectivity index (χ3n) is 3.69. The lowest BCUT2D eigenvalue weighted by Gasteiger charge is -2.24. The molecule has 2 aromatic rings. The number of hydrogen-bond donors (Lipinski definition) is 1. The number of halogens is 2. The topological polar surface area (TPSA) is 43.4 Å². The van der Waals surface area contributed by atoms with Crippen LogP contribution in [0.3, 0.4) is 0 Å². The van der Waals surface area contributed by atoms with Crippen molar-refractivity contribution in [1.82, 2.24) is 10.3 Å². The molecular weight excluding hydrogens is 319 g/mol. The van der Waals surface area contributed by atoms with E-state index in [0.29, 0.717) is 16.5 Å². The van der Waals surface area contributed by atoms with Crippen molar-refractivity contribution < 1.29 is 13.9 Å². The zero-order valence-electron chi connectivity index (χ0n) is 12.6. The van der Waals surface area contributed by atoms with Crippen LogP contribution in [-0.4, -0.2) is 24.2 Å². The Hall–Kier alpha value is -1.85. The van der Waals surface area contributed by atoms with E-state index in [1.165, 1.54) is 12.1 Å². The fourth-order valence-corrected chi connectivity index (χ4v) is 2.63. The molecule has 6 heteroatoms. The molecule has 1 N–H and O–H groups in total. The molecule has 1 fully saturated rings. The maximum Gasteiger partial charge on any atom is 0.166 e. The van der Waals surface area contributed by atoms with Gasteiger partial charge in [-0.05, 0) is 56.3 Å². The predicted molar refractivity (Wildman–Crippen MR) is 86.5 cm³/mol. The van der Waals surface area contributed by atoms with Gasteiger partial charge >= 0.3 is 0 Å². The van der Waals surface area contributed by atoms with Crippen LogP contribution in [0.5, 0.6) is 11.5 Å². The second-order valence-electron chi connectivity index (χ2n) is 5.38. The van der Waals surface area contributed by atoms with Crippen molar-refractivity contribution in [2.24, 2.45) is 0 Å². The molecule has 1 aromatic carbocycles. The Morgan fingerprint density at radius 1 is 1.22 bits per heavy atom. The van der Waals surface area contributed by atoms with Gasteiger partial charge < -0.3 is 14.8 Å². The molecule has 0 spiro atoms. The lowest BCUT2D eigenvalue weighted by molar-refractivity contribution is 0.156. The smallest absolute Gasteiger partial charge is 0.166 e. The zero-order chi connectivity index (χ0) is 16.1. The third-order valence-corrected chi connectivity index (χ3v) is 3.92. The summed E-state index contributed by atoms with van der Waals surface area (Å²) in [5.74, 6) is 0.343. The van der Waals surface area contributed by atoms with Gasteiger partial charge in [-0.2, -0.15) is 0 Å². The number of nitrogens with one attached hydrogen (secondary N) is 1. The monoisotopic (exact) mass is 336 g/mol. The van der Waals surface area contributed by atoms with Crippen LogP contribution >= 0.6 is 11.6 Å². The van der Waals surface area contributed by atoms with E-state index in [1.807, 2.05) is 12.1 Å². The lowest BCUT2D eigenvalue weighted by atomic mass is 10.1. The summed E-state index contributed by atoms with van der Waals surface area (Å²) >= 11 is 5.73. The van der Waals surface area contributed by atoms with Gasteiger partial charge in [-0.1, -0.05) is 11.6 Å². The first-order valence-corrected chi connectivity index (χ1v) is 7.99. The summed E-state index contributed by atoms with van der Waals surface area (Å²) in [6, 6.07) is 8.01. The average molecular weight is 337 g/mol. The molecule has 1 aliphatic heterocycles. The zero-order valence-corrected chi connectivity index (χ0v) is 13.4. The quantitative estimate of drug-likeness (QED) is 0.906. The Bertz CT molecular complexity index is 663. The van der Waals surface area contributed by atoms with Gasteiger partial charge in [0, 0.05) is 11.2 Å². The lowest BCUT2D eigenvalue weighted by Crippen LogP contribution is -2.34. The normalized spacial score (nSPS) is 15.4. The van der Waals surface area contributed by atoms with Crippen molar-refractivity contribution in [3.8, 4) is 11.5 Å². The first-order chi connectivity index (χ1) is 11.2. The molecule has 23 heavy (non-hydrogen) atoms. The van der Waals surface area contributed by atoms with E-state index in [0.717, 1.165) is 25.9 Å². The highest BCUT2D eigenvalue weighted by molar-refractivity contribution is 6.30. The van der Waals surface area contributed by atoms with E-state index in [4.69, 9.17) is 21.1 Å². The van der Waals surface area contributed by atoms with Crippen molar-refractivity contribution in [3.05, 3.63) is 53.1 Å². The van der Waals surface area contributed by atoms with Crippen LogP contribution in [0.4, 0.5) is 4.39 Å². The number of pyridine rings is 1. The van der Waals surface area contributed by atoms with Crippen molar-refractivity contribution in [1.29, 1.82) is 0 Å². The Balaban J connectivity index is 1.67. The molecular formula is C17H18ClFN2O2. The van der Waals surface area contributed by atoms with Crippen LogP contribution in [0.15, 0.2) is 36.5 Å². The number of ether oxygens (including phenoxy) is 2. The minimum atomic E-state index is -0.491. The summed E-state index contributed by atoms with van der Waals surface area (Å²) in [4.78, 5) is 4.29. The van der Waals surface area contributed by atoms with Gasteiger partial charge in [-0.3, -0.25) is 4.98 Å². The first kappa shape index (κ1) is 16.0. The van der Waals surface area contributed by atoms with Crippen LogP contribution in [0, 0.1) is 5.82 Å². The van der Waals surface area contributed by atoms with Gasteiger partial charge in [0.15, 0.2) is 11.6 Å². The Morgan fingerprint density at radius 3 is 2.83 bits per heavy atom. The largest absolute Gasteiger partial charge is 0.488 e. The standard InChI is InChI=1S/C17H18ClFN2O2/c18-12-3-4-16(14(19)10-12)22-11-15-17(2-1-7-21-15)23-13-5-8-20-9-6-13/h1-4,7,10,13,20H,5-6,8-9,11H2. The van der Waals surface area contributed by atoms with E-state index in [1.54, 1.807) is 12.3 Å². The number of benzene rings is 1. The maximum absolute atomic E-state index is 13.8. The van der Waals surface area contributed by atoms with Gasteiger partial charge in [0.25, 0.3) is 0 Å². The molecule has 4 nitrogen and oxygen atoms in total. The van der Waals surface area contributed by atoms with E-state index in [2.05, 4.69) is 10.3 Å². The van der Waals surface area contributed by atoms with E-state index >= 15 is 0 Å². The Kier molecular flexibility index (Phi) is 5.31. The second-order valence-corrected chi connectivity index (χ2v) is 5.82. The van der Waals surface area contributed by atoms with Gasteiger partial charge in [0.1, 0.15) is 24.2 Å². The Labute approximate surface area is 139 Å². The van der Waals surface area contributed by atoms with Crippen LogP contribution in [-0.2, 0) is 6.61 Å². The third kappa shape index (κ3) is 4.33. The molecule has 0 bridgehead atoms.